The van der Waals surface area contributed by atoms with Gasteiger partial charge in [-0.3, -0.25) is 14.4 Å². The first-order valence-corrected chi connectivity index (χ1v) is 23.8. The van der Waals surface area contributed by atoms with Crippen molar-refractivity contribution in [1.82, 2.24) is 15.0 Å². The van der Waals surface area contributed by atoms with Gasteiger partial charge in [0.05, 0.1) is 7.11 Å². The van der Waals surface area contributed by atoms with Gasteiger partial charge in [0.1, 0.15) is 12.5 Å². The van der Waals surface area contributed by atoms with Crippen LogP contribution < -0.4 is 36.2 Å². The molecule has 1 fully saturated rings. The molecule has 0 N–H and O–H groups in total. The van der Waals surface area contributed by atoms with Crippen LogP contribution in [0.4, 0.5) is 0 Å². The van der Waals surface area contributed by atoms with Gasteiger partial charge in [-0.25, -0.2) is 0 Å². The Morgan fingerprint density at radius 2 is 1.59 bits per heavy atom. The molecule has 6 rings (SSSR count). The van der Waals surface area contributed by atoms with Gasteiger partial charge >= 0.3 is 35.0 Å². The third-order valence-corrected chi connectivity index (χ3v) is 14.6. The van der Waals surface area contributed by atoms with E-state index in [0.29, 0.717) is 45.9 Å². The molecule has 0 saturated carbocycles. The molecule has 8 bridgehead atoms. The van der Waals surface area contributed by atoms with Crippen molar-refractivity contribution in [3.8, 4) is 0 Å². The van der Waals surface area contributed by atoms with Crippen LogP contribution in [0, 0.1) is 50.4 Å². The summed E-state index contributed by atoms with van der Waals surface area (Å²) in [5.41, 5.74) is 8.32. The molecule has 3 aromatic rings. The molecule has 1 saturated heterocycles. The summed E-state index contributed by atoms with van der Waals surface area (Å²) in [5.74, 6) is -1.000. The number of unbranched alkanes of at least 4 members (excludes halogenated alkanes) is 2. The van der Waals surface area contributed by atoms with Crippen molar-refractivity contribution in [3.05, 3.63) is 89.7 Å². The van der Waals surface area contributed by atoms with Crippen LogP contribution in [0.25, 0.3) is 35.2 Å². The number of Topliss-reactive ketones (excluding diaryl/α,β-unsaturated/α-hetero) is 1. The summed E-state index contributed by atoms with van der Waals surface area (Å²) in [6.07, 6.45) is 23.8. The molecule has 9 nitrogen and oxygen atoms in total. The van der Waals surface area contributed by atoms with Gasteiger partial charge in [0, 0.05) is 12.0 Å². The van der Waals surface area contributed by atoms with E-state index in [-0.39, 0.29) is 65.7 Å². The first-order valence-electron chi connectivity index (χ1n) is 23.8. The number of carbonyl (C=O) groups excluding carboxylic acids is 3. The normalized spacial score (nSPS) is 22.6. The van der Waals surface area contributed by atoms with Crippen molar-refractivity contribution in [2.75, 3.05) is 13.7 Å². The molecule has 0 aromatic carbocycles. The number of esters is 2. The number of carbonyl (C=O) groups is 3. The summed E-state index contributed by atoms with van der Waals surface area (Å²) in [6, 6.07) is -0.735. The van der Waals surface area contributed by atoms with E-state index >= 15 is 0 Å². The molecule has 1 aliphatic carbocycles. The van der Waals surface area contributed by atoms with E-state index in [2.05, 4.69) is 54.2 Å². The summed E-state index contributed by atoms with van der Waals surface area (Å²) < 4.78 is 11.1. The van der Waals surface area contributed by atoms with E-state index < -0.39 is 17.9 Å². The molecule has 2 unspecified atom stereocenters. The van der Waals surface area contributed by atoms with E-state index in [0.717, 1.165) is 63.3 Å². The third-order valence-electron chi connectivity index (χ3n) is 14.6. The maximum absolute atomic E-state index is 14.4. The smallest absolute Gasteiger partial charge is 0.661 e. The Morgan fingerprint density at radius 3 is 2.27 bits per heavy atom. The van der Waals surface area contributed by atoms with Gasteiger partial charge in [-0.15, -0.1) is 39.5 Å². The monoisotopic (exact) mass is 881 g/mol. The maximum Gasteiger partial charge on any atom is 2.00 e. The van der Waals surface area contributed by atoms with Crippen LogP contribution >= 0.6 is 0 Å². The van der Waals surface area contributed by atoms with E-state index in [1.807, 2.05) is 39.0 Å². The van der Waals surface area contributed by atoms with Gasteiger partial charge in [-0.05, 0) is 82.6 Å². The van der Waals surface area contributed by atoms with Crippen molar-refractivity contribution in [3.63, 3.8) is 0 Å². The van der Waals surface area contributed by atoms with Crippen LogP contribution in [0.3, 0.4) is 0 Å². The first kappa shape index (κ1) is 51.1. The van der Waals surface area contributed by atoms with Crippen LogP contribution in [0.15, 0.2) is 18.2 Å². The number of ketones is 1. The Hall–Kier alpha value is -3.86. The standard InChI is InChI=1S/C54H73N4O5.Mg/c1-12-15-16-19-31(4)20-17-21-32(5)22-18-23-33(6)26-27-63-47(59)25-24-40-36(9)43-28-41-34(7)38(13-2)45(55-41)29-42-35(8)39(14-3)46(56-42)30-44-37(10)48-52(58-44)49(51(40)57-43)50(53(48)60)54(61)62-11;/h13-14,26,29-32,36,40,43,50-51H,3,12,15-25,27-28H2,1-2,4-11H3,(H-,55,56,60);/q-3;+2/p-1/b33-26+,38-13+;/t31-,32-,36+,40+,43?,50-,51?;/m1./s1. The Labute approximate surface area is 398 Å². The Balaban J connectivity index is 0.00000771. The number of fused-ring (bicyclic) bond motifs is 8. The molecule has 2 aliphatic heterocycles. The number of hydrogen-bond acceptors (Lipinski definition) is 5. The minimum atomic E-state index is -1.16. The quantitative estimate of drug-likeness (QED) is 0.0394. The second-order valence-corrected chi connectivity index (χ2v) is 19.0. The maximum atomic E-state index is 14.4. The Kier molecular flexibility index (Phi) is 18.4. The van der Waals surface area contributed by atoms with Crippen LogP contribution in [-0.4, -0.2) is 66.6 Å². The minimum absolute atomic E-state index is 0. The van der Waals surface area contributed by atoms with E-state index in [1.54, 1.807) is 6.08 Å². The molecule has 5 heterocycles. The number of hydrogen-bond donors (Lipinski definition) is 0. The number of allylic oxidation sites excluding steroid dienone is 1. The summed E-state index contributed by atoms with van der Waals surface area (Å²) in [6.45, 7) is 23.7. The van der Waals surface area contributed by atoms with E-state index in [4.69, 9.17) is 29.7 Å². The van der Waals surface area contributed by atoms with Gasteiger partial charge in [0.2, 0.25) is 0 Å². The van der Waals surface area contributed by atoms with Gasteiger partial charge < -0.3 is 29.7 Å². The van der Waals surface area contributed by atoms with Crippen molar-refractivity contribution in [2.24, 2.45) is 29.6 Å². The Morgan fingerprint density at radius 1 is 0.906 bits per heavy atom. The van der Waals surface area contributed by atoms with Gasteiger partial charge in [0.25, 0.3) is 0 Å². The minimum Gasteiger partial charge on any atom is -0.661 e. The van der Waals surface area contributed by atoms with Crippen molar-refractivity contribution in [1.29, 1.82) is 0 Å². The predicted octanol–water partition coefficient (Wildman–Crippen LogP) is 7.74. The van der Waals surface area contributed by atoms with Crippen molar-refractivity contribution >= 4 is 70.7 Å². The summed E-state index contributed by atoms with van der Waals surface area (Å²) in [5, 5.41) is 8.47. The molecular weight excluding hydrogens is 809 g/mol. The molecule has 7 atom stereocenters. The van der Waals surface area contributed by atoms with Crippen LogP contribution in [0.1, 0.15) is 168 Å². The van der Waals surface area contributed by atoms with Crippen LogP contribution in [0.5, 0.6) is 0 Å². The zero-order chi connectivity index (χ0) is 45.5. The van der Waals surface area contributed by atoms with E-state index in [1.165, 1.54) is 64.0 Å². The first-order chi connectivity index (χ1) is 30.2. The Bertz CT molecular complexity index is 2450. The van der Waals surface area contributed by atoms with Gasteiger partial charge in [0.15, 0.2) is 5.78 Å². The second-order valence-electron chi connectivity index (χ2n) is 19.0. The summed E-state index contributed by atoms with van der Waals surface area (Å²) >= 11 is 0. The second kappa shape index (κ2) is 23.0. The molecule has 3 aliphatic rings. The molecule has 342 valence electrons. The van der Waals surface area contributed by atoms with Crippen molar-refractivity contribution < 1.29 is 23.9 Å². The number of methoxy groups -OCH3 is 1. The average Bonchev–Trinajstić information content (AvgIpc) is 4.00. The largest absolute Gasteiger partial charge is 2.00 e. The molecule has 0 spiro atoms. The van der Waals surface area contributed by atoms with Gasteiger partial charge in [-0.1, -0.05) is 156 Å². The third kappa shape index (κ3) is 11.2. The summed E-state index contributed by atoms with van der Waals surface area (Å²) in [7, 11) is 1.31. The molecule has 10 heteroatoms. The molecule has 0 radical (unpaired) electrons. The zero-order valence-electron chi connectivity index (χ0n) is 40.6. The average molecular weight is 881 g/mol. The number of rotatable bonds is 19. The summed E-state index contributed by atoms with van der Waals surface area (Å²) in [4.78, 5) is 56.7. The predicted molar refractivity (Wildman–Crippen MR) is 260 cm³/mol. The zero-order valence-corrected chi connectivity index (χ0v) is 42.0. The molecule has 64 heavy (non-hydrogen) atoms. The topological polar surface area (TPSA) is 126 Å². The molecular formula is C54H72MgN4O5-2. The number of ether oxygens (including phenoxy) is 2. The fourth-order valence-electron chi connectivity index (χ4n) is 10.5. The van der Waals surface area contributed by atoms with Crippen LogP contribution in [0.2, 0.25) is 0 Å². The number of aromatic nitrogens is 3. The van der Waals surface area contributed by atoms with Gasteiger partial charge in [-0.2, -0.15) is 5.69 Å². The fourth-order valence-corrected chi connectivity index (χ4v) is 10.5. The van der Waals surface area contributed by atoms with E-state index in [9.17, 15) is 14.4 Å². The van der Waals surface area contributed by atoms with Crippen molar-refractivity contribution in [2.45, 2.75) is 158 Å². The SMILES string of the molecule is C=Cc1c2[n-]c(c1C)/C=c1\[n-]c(c(C)\c1=C/C)CC1[N-]C(C3=c4[n-]/c(c(C)c4C(=O)[C@@H]3C(=O)OC)=C\2)[C@@H](CCC(=O)OC/C=C(\C)CCC[C@H](C)CCC[C@H](C)CCCCC)[C@@H]1C.[Mg+2]. The fraction of sp³-hybridized carbons (Fsp3) is 0.574. The number of nitrogens with zero attached hydrogens (tertiary/aromatic N) is 4. The molecule has 0 amide bonds. The molecule has 3 aromatic heterocycles. The van der Waals surface area contributed by atoms with Crippen LogP contribution in [-0.2, 0) is 25.5 Å².